The van der Waals surface area contributed by atoms with Gasteiger partial charge in [0.25, 0.3) is 0 Å². The van der Waals surface area contributed by atoms with Gasteiger partial charge in [-0.15, -0.1) is 0 Å². The van der Waals surface area contributed by atoms with E-state index >= 15 is 0 Å². The molecule has 32 heavy (non-hydrogen) atoms. The van der Waals surface area contributed by atoms with Crippen molar-refractivity contribution < 1.29 is 34.3 Å². The normalized spacial score (nSPS) is 47.6. The molecule has 12 heteroatoms. The average molecular weight is 462 g/mol. The van der Waals surface area contributed by atoms with Gasteiger partial charge in [-0.05, 0) is 39.9 Å². The molecular weight excluding hydrogens is 422 g/mol. The Labute approximate surface area is 188 Å². The minimum atomic E-state index is -1.29. The number of rotatable bonds is 7. The van der Waals surface area contributed by atoms with Crippen LogP contribution in [0.3, 0.4) is 0 Å². The van der Waals surface area contributed by atoms with Crippen LogP contribution in [0, 0.1) is 0 Å². The predicted molar refractivity (Wildman–Crippen MR) is 115 cm³/mol. The zero-order valence-corrected chi connectivity index (χ0v) is 18.9. The van der Waals surface area contributed by atoms with Crippen LogP contribution in [0.25, 0.3) is 0 Å². The first-order chi connectivity index (χ1) is 15.1. The van der Waals surface area contributed by atoms with Gasteiger partial charge in [-0.25, -0.2) is 0 Å². The fourth-order valence-electron chi connectivity index (χ4n) is 4.67. The number of ether oxygens (including phenoxy) is 4. The first kappa shape index (κ1) is 25.7. The van der Waals surface area contributed by atoms with Gasteiger partial charge in [-0.2, -0.15) is 0 Å². The minimum Gasteiger partial charge on any atom is -0.467 e. The molecule has 2 aliphatic heterocycles. The molecule has 2 heterocycles. The Morgan fingerprint density at radius 1 is 1.09 bits per heavy atom. The smallest absolute Gasteiger partial charge is 0.215 e. The lowest BCUT2D eigenvalue weighted by molar-refractivity contribution is -0.303. The van der Waals surface area contributed by atoms with E-state index < -0.39 is 60.7 Å². The summed E-state index contributed by atoms with van der Waals surface area (Å²) in [4.78, 5) is 0. The molecule has 0 radical (unpaired) electrons. The summed E-state index contributed by atoms with van der Waals surface area (Å²) in [5.74, 6) is 0.605. The van der Waals surface area contributed by atoms with E-state index in [1.165, 1.54) is 0 Å². The highest BCUT2D eigenvalue weighted by atomic mass is 16.7. The molecule has 0 aromatic carbocycles. The molecule has 11 atom stereocenters. The van der Waals surface area contributed by atoms with Crippen LogP contribution in [-0.4, -0.2) is 109 Å². The molecule has 186 valence electrons. The summed E-state index contributed by atoms with van der Waals surface area (Å²) in [7, 11) is 3.42. The van der Waals surface area contributed by atoms with E-state index in [0.717, 1.165) is 0 Å². The maximum Gasteiger partial charge on any atom is 0.215 e. The van der Waals surface area contributed by atoms with Gasteiger partial charge in [0.05, 0.1) is 25.2 Å². The fraction of sp³-hybridized carbons (Fsp3) is 0.900. The van der Waals surface area contributed by atoms with Gasteiger partial charge in [0.1, 0.15) is 35.8 Å². The van der Waals surface area contributed by atoms with Gasteiger partial charge in [-0.3, -0.25) is 0 Å². The zero-order valence-electron chi connectivity index (χ0n) is 18.9. The van der Waals surface area contributed by atoms with Crippen molar-refractivity contribution >= 4 is 0 Å². The van der Waals surface area contributed by atoms with E-state index in [9.17, 15) is 15.3 Å². The van der Waals surface area contributed by atoms with Crippen LogP contribution >= 0.6 is 0 Å². The van der Waals surface area contributed by atoms with Crippen LogP contribution in [0.4, 0.5) is 0 Å². The Morgan fingerprint density at radius 3 is 2.28 bits per heavy atom. The van der Waals surface area contributed by atoms with Gasteiger partial charge in [0.2, 0.25) is 6.29 Å². The number of aliphatic hydroxyl groups is 3. The summed E-state index contributed by atoms with van der Waals surface area (Å²) in [6.07, 6.45) is -3.07. The average Bonchev–Trinajstić information content (AvgIpc) is 2.75. The van der Waals surface area contributed by atoms with Crippen LogP contribution in [0.5, 0.6) is 0 Å². The standard InChI is InChI=1S/C20H39N5O7/c1-20(28)8-29-19(14(27)17(20)25-3)32-16-11(23)6-10(22)15(13(16)26)31-18-12(24-2)5-4-9(7-21)30-18/h4,10-19,24-28H,5-8,21-23H2,1-3H3/t10-,11-,12-,13+,14+,15+,16+,17-,18-,19+,20+/m1/s1. The molecule has 0 amide bonds. The third-order valence-corrected chi connectivity index (χ3v) is 6.55. The topological polar surface area (TPSA) is 200 Å². The van der Waals surface area contributed by atoms with Gasteiger partial charge in [0.15, 0.2) is 6.29 Å². The van der Waals surface area contributed by atoms with Crippen LogP contribution in [0.1, 0.15) is 19.8 Å². The molecule has 0 aromatic rings. The van der Waals surface area contributed by atoms with Gasteiger partial charge in [0, 0.05) is 12.1 Å². The van der Waals surface area contributed by atoms with Crippen molar-refractivity contribution in [2.45, 2.75) is 86.5 Å². The lowest BCUT2D eigenvalue weighted by Gasteiger charge is -2.48. The van der Waals surface area contributed by atoms with Gasteiger partial charge in [-0.1, -0.05) is 0 Å². The zero-order chi connectivity index (χ0) is 23.6. The Kier molecular flexibility index (Phi) is 8.50. The third-order valence-electron chi connectivity index (χ3n) is 6.55. The van der Waals surface area contributed by atoms with Crippen molar-refractivity contribution in [3.8, 4) is 0 Å². The van der Waals surface area contributed by atoms with Crippen LogP contribution in [-0.2, 0) is 18.9 Å². The molecule has 1 aliphatic carbocycles. The summed E-state index contributed by atoms with van der Waals surface area (Å²) in [5.41, 5.74) is 16.9. The molecule has 2 fully saturated rings. The number of hydrogen-bond acceptors (Lipinski definition) is 12. The number of aliphatic hydroxyl groups excluding tert-OH is 2. The first-order valence-electron chi connectivity index (χ1n) is 11.1. The number of nitrogens with one attached hydrogen (secondary N) is 2. The maximum atomic E-state index is 11.1. The quantitative estimate of drug-likeness (QED) is 0.186. The summed E-state index contributed by atoms with van der Waals surface area (Å²) >= 11 is 0. The molecule has 0 bridgehead atoms. The molecule has 1 saturated carbocycles. The summed E-state index contributed by atoms with van der Waals surface area (Å²) in [5, 5.41) is 38.2. The highest BCUT2D eigenvalue weighted by molar-refractivity contribution is 5.04. The molecular formula is C20H39N5O7. The second-order valence-electron chi connectivity index (χ2n) is 9.04. The van der Waals surface area contributed by atoms with E-state index in [1.807, 2.05) is 6.08 Å². The molecule has 0 unspecified atom stereocenters. The monoisotopic (exact) mass is 461 g/mol. The molecule has 11 N–H and O–H groups in total. The summed E-state index contributed by atoms with van der Waals surface area (Å²) in [6.45, 7) is 1.73. The fourth-order valence-corrected chi connectivity index (χ4v) is 4.67. The second kappa shape index (κ2) is 10.6. The van der Waals surface area contributed by atoms with Crippen LogP contribution < -0.4 is 27.8 Å². The van der Waals surface area contributed by atoms with E-state index in [1.54, 1.807) is 21.0 Å². The Bertz CT molecular complexity index is 654. The molecule has 3 rings (SSSR count). The van der Waals surface area contributed by atoms with E-state index in [-0.39, 0.29) is 19.2 Å². The molecule has 12 nitrogen and oxygen atoms in total. The van der Waals surface area contributed by atoms with Gasteiger partial charge >= 0.3 is 0 Å². The number of likely N-dealkylation sites (N-methyl/N-ethyl adjacent to an activating group) is 2. The van der Waals surface area contributed by atoms with Crippen LogP contribution in [0.2, 0.25) is 0 Å². The summed E-state index contributed by atoms with van der Waals surface area (Å²) in [6, 6.07) is -2.02. The largest absolute Gasteiger partial charge is 0.467 e. The van der Waals surface area contributed by atoms with Crippen molar-refractivity contribution in [1.29, 1.82) is 0 Å². The highest BCUT2D eigenvalue weighted by Gasteiger charge is 2.50. The molecule has 1 saturated heterocycles. The van der Waals surface area contributed by atoms with Gasteiger partial charge < -0.3 is 62.1 Å². The van der Waals surface area contributed by atoms with Crippen molar-refractivity contribution in [1.82, 2.24) is 10.6 Å². The highest BCUT2D eigenvalue weighted by Crippen LogP contribution is 2.31. The Hall–Kier alpha value is -0.900. The molecule has 3 aliphatic rings. The van der Waals surface area contributed by atoms with Crippen molar-refractivity contribution in [2.75, 3.05) is 27.2 Å². The Balaban J connectivity index is 1.71. The van der Waals surface area contributed by atoms with Crippen molar-refractivity contribution in [2.24, 2.45) is 17.2 Å². The summed E-state index contributed by atoms with van der Waals surface area (Å²) < 4.78 is 23.4. The van der Waals surface area contributed by atoms with E-state index in [0.29, 0.717) is 18.6 Å². The third kappa shape index (κ3) is 5.26. The molecule has 0 aromatic heterocycles. The number of nitrogens with two attached hydrogens (primary N) is 3. The Morgan fingerprint density at radius 2 is 1.72 bits per heavy atom. The van der Waals surface area contributed by atoms with Crippen molar-refractivity contribution in [3.05, 3.63) is 11.8 Å². The van der Waals surface area contributed by atoms with Crippen LogP contribution in [0.15, 0.2) is 11.8 Å². The number of hydrogen-bond donors (Lipinski definition) is 8. The van der Waals surface area contributed by atoms with E-state index in [2.05, 4.69) is 10.6 Å². The molecule has 0 spiro atoms. The van der Waals surface area contributed by atoms with Crippen molar-refractivity contribution in [3.63, 3.8) is 0 Å². The lowest BCUT2D eigenvalue weighted by Crippen LogP contribution is -2.68. The SMILES string of the molecule is CN[C@@H]1[C@H](O)[C@H](O[C@@H]2[C@@H](O)[C@@H](O[C@H]3OC(CN)=CC[C@H]3NC)[C@H](N)C[C@H]2N)OC[C@]1(C)O. The second-order valence-corrected chi connectivity index (χ2v) is 9.04. The first-order valence-corrected chi connectivity index (χ1v) is 11.1. The minimum absolute atomic E-state index is 0.0638. The predicted octanol–water partition coefficient (Wildman–Crippen LogP) is -3.59. The maximum absolute atomic E-state index is 11.1. The van der Waals surface area contributed by atoms with E-state index in [4.69, 9.17) is 36.1 Å². The lowest BCUT2D eigenvalue weighted by atomic mass is 9.84.